The molecule has 3 aliphatic carbocycles. The van der Waals surface area contributed by atoms with Crippen LogP contribution in [0.3, 0.4) is 0 Å². The van der Waals surface area contributed by atoms with Crippen molar-refractivity contribution in [1.29, 1.82) is 0 Å². The van der Waals surface area contributed by atoms with Gasteiger partial charge in [0, 0.05) is 73.7 Å². The molecule has 7 rings (SSSR count). The number of pyridine rings is 1. The van der Waals surface area contributed by atoms with Gasteiger partial charge < -0.3 is 9.88 Å². The summed E-state index contributed by atoms with van der Waals surface area (Å²) >= 11 is 0. The molecule has 6 nitrogen and oxygen atoms in total. The molecule has 4 aliphatic rings. The Balaban J connectivity index is 1.14. The number of H-pyrrole nitrogens is 1. The van der Waals surface area contributed by atoms with Gasteiger partial charge in [-0.3, -0.25) is 14.6 Å². The highest BCUT2D eigenvalue weighted by Crippen LogP contribution is 2.46. The number of aromatic amines is 1. The Bertz CT molecular complexity index is 1140. The number of carbonyl (C=O) groups is 1. The van der Waals surface area contributed by atoms with Gasteiger partial charge in [0.05, 0.1) is 0 Å². The fourth-order valence-corrected chi connectivity index (χ4v) is 6.82. The van der Waals surface area contributed by atoms with Gasteiger partial charge >= 0.3 is 0 Å². The van der Waals surface area contributed by atoms with Crippen molar-refractivity contribution in [1.82, 2.24) is 14.9 Å². The van der Waals surface area contributed by atoms with Crippen LogP contribution in [-0.2, 0) is 4.79 Å². The highest BCUT2D eigenvalue weighted by atomic mass is 16.2. The smallest absolute Gasteiger partial charge is 0.231 e. The van der Waals surface area contributed by atoms with E-state index in [1.54, 1.807) is 0 Å². The van der Waals surface area contributed by atoms with Gasteiger partial charge in [-0.2, -0.15) is 0 Å². The van der Waals surface area contributed by atoms with Gasteiger partial charge in [0.15, 0.2) is 0 Å². The Morgan fingerprint density at radius 3 is 2.60 bits per heavy atom. The van der Waals surface area contributed by atoms with Crippen LogP contribution in [-0.4, -0.2) is 59.5 Å². The molecule has 1 unspecified atom stereocenters. The van der Waals surface area contributed by atoms with Crippen LogP contribution in [0.15, 0.2) is 54.9 Å². The first-order chi connectivity index (χ1) is 17.2. The van der Waals surface area contributed by atoms with E-state index >= 15 is 0 Å². The molecule has 184 valence electrons. The van der Waals surface area contributed by atoms with Crippen molar-refractivity contribution < 1.29 is 4.79 Å². The molecule has 35 heavy (non-hydrogen) atoms. The third kappa shape index (κ3) is 4.44. The lowest BCUT2D eigenvalue weighted by Crippen LogP contribution is -2.54. The number of aromatic nitrogens is 2. The predicted octanol–water partition coefficient (Wildman–Crippen LogP) is 4.93. The second kappa shape index (κ2) is 9.65. The van der Waals surface area contributed by atoms with Crippen molar-refractivity contribution in [3.63, 3.8) is 0 Å². The normalized spacial score (nSPS) is 25.6. The molecule has 0 spiro atoms. The molecule has 2 atom stereocenters. The summed E-state index contributed by atoms with van der Waals surface area (Å²) in [4.78, 5) is 28.9. The van der Waals surface area contributed by atoms with E-state index in [1.165, 1.54) is 42.3 Å². The molecule has 4 fully saturated rings. The molecule has 3 aromatic rings. The second-order valence-corrected chi connectivity index (χ2v) is 10.8. The molecule has 6 heteroatoms. The lowest BCUT2D eigenvalue weighted by molar-refractivity contribution is -0.127. The Morgan fingerprint density at radius 1 is 1.06 bits per heavy atom. The summed E-state index contributed by atoms with van der Waals surface area (Å²) in [6.45, 7) is 6.98. The van der Waals surface area contributed by atoms with Crippen molar-refractivity contribution in [3.8, 4) is 0 Å². The fourth-order valence-electron chi connectivity index (χ4n) is 6.82. The summed E-state index contributed by atoms with van der Waals surface area (Å²) in [6, 6.07) is 14.9. The van der Waals surface area contributed by atoms with Crippen molar-refractivity contribution in [2.45, 2.75) is 45.1 Å². The maximum Gasteiger partial charge on any atom is 0.231 e. The Labute approximate surface area is 208 Å². The topological polar surface area (TPSA) is 55.5 Å². The van der Waals surface area contributed by atoms with Gasteiger partial charge in [0.25, 0.3) is 0 Å². The number of carbonyl (C=O) groups excluding carboxylic acids is 1. The first-order valence-electron chi connectivity index (χ1n) is 13.4. The van der Waals surface area contributed by atoms with Gasteiger partial charge in [0.1, 0.15) is 5.82 Å². The average Bonchev–Trinajstić information content (AvgIpc) is 3.42. The number of piperazine rings is 1. The summed E-state index contributed by atoms with van der Waals surface area (Å²) in [5, 5.41) is 1.29. The van der Waals surface area contributed by atoms with Crippen molar-refractivity contribution in [2.75, 3.05) is 42.5 Å². The van der Waals surface area contributed by atoms with E-state index < -0.39 is 0 Å². The highest BCUT2D eigenvalue weighted by Gasteiger charge is 2.42. The van der Waals surface area contributed by atoms with Crippen molar-refractivity contribution >= 4 is 28.3 Å². The number of rotatable bonds is 6. The molecular formula is C29H37N5O. The average molecular weight is 472 g/mol. The first kappa shape index (κ1) is 22.6. The lowest BCUT2D eigenvalue weighted by atomic mass is 9.64. The number of hydrogen-bond donors (Lipinski definition) is 1. The van der Waals surface area contributed by atoms with Gasteiger partial charge in [-0.1, -0.05) is 25.0 Å². The van der Waals surface area contributed by atoms with Crippen molar-refractivity contribution in [2.24, 2.45) is 17.8 Å². The van der Waals surface area contributed by atoms with Crippen molar-refractivity contribution in [3.05, 3.63) is 54.9 Å². The standard InChI is InChI=1S/C29H37N5O/c1-21(32-15-17-33(18-16-32)27-6-4-5-26-24(27)12-14-30-26)20-34(28-7-2-3-13-31-28)29(35)25-19-22-8-10-23(25)11-9-22/h2-7,12-14,21-23,25,30H,8-11,15-20H2,1H3/t21-,22?,23?,25?/m1/s1. The van der Waals surface area contributed by atoms with Crippen LogP contribution < -0.4 is 9.80 Å². The van der Waals surface area contributed by atoms with Crippen LogP contribution in [0.1, 0.15) is 39.0 Å². The second-order valence-electron chi connectivity index (χ2n) is 10.8. The zero-order valence-electron chi connectivity index (χ0n) is 20.8. The van der Waals surface area contributed by atoms with Gasteiger partial charge in [-0.05, 0) is 68.4 Å². The van der Waals surface area contributed by atoms with E-state index in [0.717, 1.165) is 44.3 Å². The SMILES string of the molecule is C[C@H](CN(C(=O)C1CC2CCC1CC2)c1ccccn1)N1CCN(c2cccc3[nH]ccc23)CC1. The minimum absolute atomic E-state index is 0.176. The first-order valence-corrected chi connectivity index (χ1v) is 13.4. The Morgan fingerprint density at radius 2 is 1.89 bits per heavy atom. The van der Waals surface area contributed by atoms with Crippen LogP contribution in [0, 0.1) is 17.8 Å². The number of benzene rings is 1. The van der Waals surface area contributed by atoms with Gasteiger partial charge in [0.2, 0.25) is 5.91 Å². The Hall–Kier alpha value is -2.86. The van der Waals surface area contributed by atoms with E-state index in [-0.39, 0.29) is 12.0 Å². The monoisotopic (exact) mass is 471 g/mol. The molecule has 0 radical (unpaired) electrons. The predicted molar refractivity (Wildman–Crippen MR) is 142 cm³/mol. The summed E-state index contributed by atoms with van der Waals surface area (Å²) in [7, 11) is 0. The van der Waals surface area contributed by atoms with Crippen LogP contribution in [0.5, 0.6) is 0 Å². The molecule has 2 bridgehead atoms. The Kier molecular flexibility index (Phi) is 6.23. The zero-order valence-corrected chi connectivity index (χ0v) is 20.8. The summed E-state index contributed by atoms with van der Waals surface area (Å²) in [6.07, 6.45) is 9.99. The molecule has 1 amide bonds. The minimum Gasteiger partial charge on any atom is -0.368 e. The van der Waals surface area contributed by atoms with E-state index in [2.05, 4.69) is 51.0 Å². The number of nitrogens with one attached hydrogen (secondary N) is 1. The van der Waals surface area contributed by atoms with Gasteiger partial charge in [-0.15, -0.1) is 0 Å². The van der Waals surface area contributed by atoms with Crippen LogP contribution in [0.25, 0.3) is 10.9 Å². The molecule has 3 saturated carbocycles. The molecule has 1 N–H and O–H groups in total. The van der Waals surface area contributed by atoms with Crippen LogP contribution in [0.4, 0.5) is 11.5 Å². The number of nitrogens with zero attached hydrogens (tertiary/aromatic N) is 4. The highest BCUT2D eigenvalue weighted by molar-refractivity contribution is 5.94. The summed E-state index contributed by atoms with van der Waals surface area (Å²) in [5.41, 5.74) is 2.51. The number of hydrogen-bond acceptors (Lipinski definition) is 4. The number of fused-ring (bicyclic) bond motifs is 4. The fraction of sp³-hybridized carbons (Fsp3) is 0.517. The molecule has 1 aliphatic heterocycles. The third-order valence-electron chi connectivity index (χ3n) is 8.85. The largest absolute Gasteiger partial charge is 0.368 e. The molecule has 2 aromatic heterocycles. The van der Waals surface area contributed by atoms with E-state index in [1.807, 2.05) is 35.5 Å². The van der Waals surface area contributed by atoms with E-state index in [4.69, 9.17) is 0 Å². The molecular weight excluding hydrogens is 434 g/mol. The maximum atomic E-state index is 13.9. The third-order valence-corrected chi connectivity index (χ3v) is 8.85. The minimum atomic E-state index is 0.176. The van der Waals surface area contributed by atoms with Gasteiger partial charge in [-0.25, -0.2) is 4.98 Å². The molecule has 1 saturated heterocycles. The van der Waals surface area contributed by atoms with Crippen LogP contribution >= 0.6 is 0 Å². The molecule has 1 aromatic carbocycles. The summed E-state index contributed by atoms with van der Waals surface area (Å²) < 4.78 is 0. The molecule has 3 heterocycles. The van der Waals surface area contributed by atoms with E-state index in [0.29, 0.717) is 18.4 Å². The zero-order chi connectivity index (χ0) is 23.8. The summed E-state index contributed by atoms with van der Waals surface area (Å²) in [5.74, 6) is 2.60. The number of amides is 1. The van der Waals surface area contributed by atoms with E-state index in [9.17, 15) is 4.79 Å². The van der Waals surface area contributed by atoms with Crippen LogP contribution in [0.2, 0.25) is 0 Å². The lowest BCUT2D eigenvalue weighted by Gasteiger charge is -2.44. The number of anilines is 2. The maximum absolute atomic E-state index is 13.9. The quantitative estimate of drug-likeness (QED) is 0.554.